The lowest BCUT2D eigenvalue weighted by atomic mass is 9.96. The average molecular weight is 276 g/mol. The van der Waals surface area contributed by atoms with Crippen LogP contribution in [0.25, 0.3) is 0 Å². The van der Waals surface area contributed by atoms with Crippen molar-refractivity contribution in [3.63, 3.8) is 0 Å². The minimum Gasteiger partial charge on any atom is -0.391 e. The van der Waals surface area contributed by atoms with Crippen molar-refractivity contribution < 1.29 is 5.11 Å². The molecule has 0 aromatic heterocycles. The molecule has 0 unspecified atom stereocenters. The van der Waals surface area contributed by atoms with E-state index in [1.807, 2.05) is 0 Å². The van der Waals surface area contributed by atoms with Crippen molar-refractivity contribution in [1.82, 2.24) is 0 Å². The zero-order valence-corrected chi connectivity index (χ0v) is 11.7. The van der Waals surface area contributed by atoms with Crippen molar-refractivity contribution >= 4 is 23.2 Å². The van der Waals surface area contributed by atoms with Gasteiger partial charge in [-0.25, -0.2) is 0 Å². The van der Waals surface area contributed by atoms with Crippen LogP contribution in [-0.4, -0.2) is 11.2 Å². The molecule has 3 N–H and O–H groups in total. The average Bonchev–Trinajstić information content (AvgIpc) is 2.25. The highest BCUT2D eigenvalue weighted by atomic mass is 35.5. The molecule has 0 saturated carbocycles. The fraction of sp³-hybridized carbons (Fsp3) is 0.538. The van der Waals surface area contributed by atoms with Crippen molar-refractivity contribution in [3.8, 4) is 0 Å². The number of nitrogens with two attached hydrogens (primary N) is 1. The van der Waals surface area contributed by atoms with Gasteiger partial charge in [0.2, 0.25) is 0 Å². The predicted molar refractivity (Wildman–Crippen MR) is 73.5 cm³/mol. The van der Waals surface area contributed by atoms with Crippen LogP contribution in [0.15, 0.2) is 18.2 Å². The van der Waals surface area contributed by atoms with E-state index in [2.05, 4.69) is 13.8 Å². The van der Waals surface area contributed by atoms with E-state index in [4.69, 9.17) is 28.9 Å². The zero-order valence-electron chi connectivity index (χ0n) is 10.2. The summed E-state index contributed by atoms with van der Waals surface area (Å²) in [6.07, 6.45) is 1.05. The lowest BCUT2D eigenvalue weighted by Crippen LogP contribution is -2.26. The van der Waals surface area contributed by atoms with Gasteiger partial charge in [-0.1, -0.05) is 43.1 Å². The second-order valence-corrected chi connectivity index (χ2v) is 5.57. The Bertz CT molecular complexity index is 368. The summed E-state index contributed by atoms with van der Waals surface area (Å²) in [5, 5.41) is 11.1. The largest absolute Gasteiger partial charge is 0.391 e. The second-order valence-electron chi connectivity index (χ2n) is 4.73. The molecular formula is C13H19Cl2NO. The molecule has 1 aromatic rings. The summed E-state index contributed by atoms with van der Waals surface area (Å²) >= 11 is 11.9. The topological polar surface area (TPSA) is 46.2 Å². The van der Waals surface area contributed by atoms with Gasteiger partial charge in [-0.3, -0.25) is 0 Å². The van der Waals surface area contributed by atoms with E-state index < -0.39 is 12.1 Å². The Kier molecular flexibility index (Phi) is 5.74. The van der Waals surface area contributed by atoms with E-state index in [1.54, 1.807) is 18.2 Å². The smallest absolute Gasteiger partial charge is 0.0733 e. The fourth-order valence-corrected chi connectivity index (χ4v) is 2.20. The van der Waals surface area contributed by atoms with Crippen LogP contribution in [0.5, 0.6) is 0 Å². The first-order valence-corrected chi connectivity index (χ1v) is 6.56. The Morgan fingerprint density at radius 1 is 1.24 bits per heavy atom. The Hall–Kier alpha value is -0.280. The molecule has 2 atom stereocenters. The monoisotopic (exact) mass is 275 g/mol. The van der Waals surface area contributed by atoms with E-state index in [1.165, 1.54) is 0 Å². The number of benzene rings is 1. The van der Waals surface area contributed by atoms with Gasteiger partial charge in [-0.05, 0) is 36.5 Å². The van der Waals surface area contributed by atoms with E-state index in [9.17, 15) is 5.11 Å². The Morgan fingerprint density at radius 3 is 2.41 bits per heavy atom. The van der Waals surface area contributed by atoms with Crippen LogP contribution in [0, 0.1) is 5.92 Å². The summed E-state index contributed by atoms with van der Waals surface area (Å²) in [5.41, 5.74) is 6.74. The number of hydrogen-bond acceptors (Lipinski definition) is 2. The third-order valence-corrected chi connectivity index (χ3v) is 3.34. The van der Waals surface area contributed by atoms with Crippen LogP contribution in [-0.2, 0) is 0 Å². The van der Waals surface area contributed by atoms with Gasteiger partial charge >= 0.3 is 0 Å². The van der Waals surface area contributed by atoms with Gasteiger partial charge in [0.1, 0.15) is 0 Å². The molecule has 17 heavy (non-hydrogen) atoms. The van der Waals surface area contributed by atoms with Crippen molar-refractivity contribution in [2.75, 3.05) is 0 Å². The third-order valence-electron chi connectivity index (χ3n) is 2.78. The SMILES string of the molecule is CC(C)CC[C@@H](O)[C@@H](N)c1ccc(Cl)cc1Cl. The van der Waals surface area contributed by atoms with E-state index in [0.717, 1.165) is 12.0 Å². The summed E-state index contributed by atoms with van der Waals surface area (Å²) in [6, 6.07) is 4.69. The molecule has 1 aromatic carbocycles. The van der Waals surface area contributed by atoms with Gasteiger partial charge in [0.15, 0.2) is 0 Å². The third kappa shape index (κ3) is 4.47. The lowest BCUT2D eigenvalue weighted by Gasteiger charge is -2.21. The minimum absolute atomic E-state index is 0.460. The molecule has 96 valence electrons. The Labute approximate surface area is 113 Å². The van der Waals surface area contributed by atoms with Crippen molar-refractivity contribution in [2.45, 2.75) is 38.8 Å². The zero-order chi connectivity index (χ0) is 13.0. The summed E-state index contributed by atoms with van der Waals surface area (Å²) in [4.78, 5) is 0. The highest BCUT2D eigenvalue weighted by Crippen LogP contribution is 2.28. The van der Waals surface area contributed by atoms with Crippen LogP contribution < -0.4 is 5.73 Å². The van der Waals surface area contributed by atoms with Gasteiger partial charge < -0.3 is 10.8 Å². The summed E-state index contributed by atoms with van der Waals surface area (Å²) in [7, 11) is 0. The number of aliphatic hydroxyl groups is 1. The van der Waals surface area contributed by atoms with Gasteiger partial charge in [0.25, 0.3) is 0 Å². The summed E-state index contributed by atoms with van der Waals surface area (Å²) < 4.78 is 0. The number of halogens is 2. The van der Waals surface area contributed by atoms with Gasteiger partial charge in [-0.2, -0.15) is 0 Å². The number of hydrogen-bond donors (Lipinski definition) is 2. The minimum atomic E-state index is -0.573. The maximum absolute atomic E-state index is 10.00. The molecule has 1 rings (SSSR count). The molecule has 0 saturated heterocycles. The molecule has 0 fully saturated rings. The number of aliphatic hydroxyl groups excluding tert-OH is 1. The quantitative estimate of drug-likeness (QED) is 0.859. The second kappa shape index (κ2) is 6.60. The molecule has 0 spiro atoms. The van der Waals surface area contributed by atoms with E-state index in [-0.39, 0.29) is 0 Å². The first-order chi connectivity index (χ1) is 7.91. The first-order valence-electron chi connectivity index (χ1n) is 5.80. The maximum atomic E-state index is 10.00. The van der Waals surface area contributed by atoms with Crippen LogP contribution in [0.3, 0.4) is 0 Å². The highest BCUT2D eigenvalue weighted by molar-refractivity contribution is 6.35. The Balaban J connectivity index is 2.71. The predicted octanol–water partition coefficient (Wildman–Crippen LogP) is 3.79. The molecule has 0 aliphatic heterocycles. The summed E-state index contributed by atoms with van der Waals surface area (Å²) in [6.45, 7) is 4.24. The van der Waals surface area contributed by atoms with E-state index >= 15 is 0 Å². The van der Waals surface area contributed by atoms with Crippen molar-refractivity contribution in [3.05, 3.63) is 33.8 Å². The molecule has 2 nitrogen and oxygen atoms in total. The molecule has 0 heterocycles. The van der Waals surface area contributed by atoms with Crippen LogP contribution in [0.4, 0.5) is 0 Å². The molecule has 0 radical (unpaired) electrons. The molecule has 0 amide bonds. The fourth-order valence-electron chi connectivity index (χ4n) is 1.66. The van der Waals surface area contributed by atoms with Gasteiger partial charge in [0, 0.05) is 10.0 Å². The molecular weight excluding hydrogens is 257 g/mol. The lowest BCUT2D eigenvalue weighted by molar-refractivity contribution is 0.128. The van der Waals surface area contributed by atoms with Crippen molar-refractivity contribution in [1.29, 1.82) is 0 Å². The molecule has 4 heteroatoms. The van der Waals surface area contributed by atoms with Crippen molar-refractivity contribution in [2.24, 2.45) is 11.7 Å². The van der Waals surface area contributed by atoms with E-state index in [0.29, 0.717) is 22.4 Å². The van der Waals surface area contributed by atoms with Crippen LogP contribution in [0.1, 0.15) is 38.3 Å². The number of rotatable bonds is 5. The van der Waals surface area contributed by atoms with Crippen LogP contribution >= 0.6 is 23.2 Å². The molecule has 0 bridgehead atoms. The highest BCUT2D eigenvalue weighted by Gasteiger charge is 2.19. The standard InChI is InChI=1S/C13H19Cl2NO/c1-8(2)3-6-12(17)13(16)10-5-4-9(14)7-11(10)15/h4-5,7-8,12-13,17H,3,6,16H2,1-2H3/t12-,13+/m1/s1. The van der Waals surface area contributed by atoms with Crippen LogP contribution in [0.2, 0.25) is 10.0 Å². The normalized spacial score (nSPS) is 15.0. The molecule has 0 aliphatic rings. The first kappa shape index (κ1) is 14.8. The Morgan fingerprint density at radius 2 is 1.88 bits per heavy atom. The van der Waals surface area contributed by atoms with Gasteiger partial charge in [-0.15, -0.1) is 0 Å². The molecule has 0 aliphatic carbocycles. The maximum Gasteiger partial charge on any atom is 0.0733 e. The van der Waals surface area contributed by atoms with Gasteiger partial charge in [0.05, 0.1) is 12.1 Å². The summed E-state index contributed by atoms with van der Waals surface area (Å²) in [5.74, 6) is 0.553.